The smallest absolute Gasteiger partial charge is 0.0717 e. The normalized spacial score (nSPS) is 17.6. The highest BCUT2D eigenvalue weighted by Crippen LogP contribution is 2.21. The van der Waals surface area contributed by atoms with Crippen molar-refractivity contribution in [2.75, 3.05) is 19.7 Å². The molecular formula is C25H35NO. The summed E-state index contributed by atoms with van der Waals surface area (Å²) in [7, 11) is 0. The Labute approximate surface area is 165 Å². The summed E-state index contributed by atoms with van der Waals surface area (Å²) in [5.41, 5.74) is 3.80. The molecule has 2 heteroatoms. The standard InChI is InChI=1S/C25H35NO/c1(4-11-22-12-7-8-17-26-20-22)2-9-18-27-21-23-13-10-16-25(19-23)24-14-5-3-6-15-24/h3,5-6,10,13-16,19,22,26H,1-2,4,7-9,11-12,17-18,20-21H2. The third kappa shape index (κ3) is 7.48. The SMILES string of the molecule is c1ccc(-c2cccc(COCCCCCCC3CCCCNC3)c2)cc1. The number of benzene rings is 2. The van der Waals surface area contributed by atoms with Gasteiger partial charge in [-0.05, 0) is 67.4 Å². The number of unbranched alkanes of at least 4 members (excludes halogenated alkanes) is 3. The summed E-state index contributed by atoms with van der Waals surface area (Å²) in [5.74, 6) is 0.917. The summed E-state index contributed by atoms with van der Waals surface area (Å²) in [6.45, 7) is 4.06. The predicted molar refractivity (Wildman–Crippen MR) is 115 cm³/mol. The van der Waals surface area contributed by atoms with Gasteiger partial charge < -0.3 is 10.1 Å². The number of hydrogen-bond acceptors (Lipinski definition) is 2. The van der Waals surface area contributed by atoms with Crippen LogP contribution in [0.25, 0.3) is 11.1 Å². The van der Waals surface area contributed by atoms with Crippen LogP contribution in [0.3, 0.4) is 0 Å². The van der Waals surface area contributed by atoms with E-state index in [0.717, 1.165) is 12.5 Å². The van der Waals surface area contributed by atoms with Gasteiger partial charge in [-0.15, -0.1) is 0 Å². The first kappa shape index (κ1) is 20.1. The van der Waals surface area contributed by atoms with Crippen molar-refractivity contribution in [1.29, 1.82) is 0 Å². The van der Waals surface area contributed by atoms with Gasteiger partial charge in [0.25, 0.3) is 0 Å². The van der Waals surface area contributed by atoms with Crippen LogP contribution in [-0.2, 0) is 11.3 Å². The summed E-state index contributed by atoms with van der Waals surface area (Å²) in [6, 6.07) is 19.3. The Kier molecular flexibility index (Phi) is 8.89. The van der Waals surface area contributed by atoms with Gasteiger partial charge in [0.15, 0.2) is 0 Å². The van der Waals surface area contributed by atoms with Crippen molar-refractivity contribution < 1.29 is 4.74 Å². The van der Waals surface area contributed by atoms with E-state index in [1.54, 1.807) is 0 Å². The first-order chi connectivity index (χ1) is 13.4. The van der Waals surface area contributed by atoms with E-state index in [1.807, 2.05) is 0 Å². The zero-order chi connectivity index (χ0) is 18.6. The van der Waals surface area contributed by atoms with E-state index in [2.05, 4.69) is 59.9 Å². The highest BCUT2D eigenvalue weighted by Gasteiger charge is 2.10. The Hall–Kier alpha value is -1.64. The molecule has 0 aliphatic carbocycles. The molecule has 0 amide bonds. The van der Waals surface area contributed by atoms with Gasteiger partial charge in [0.1, 0.15) is 0 Å². The van der Waals surface area contributed by atoms with Crippen LogP contribution < -0.4 is 5.32 Å². The number of ether oxygens (including phenoxy) is 1. The van der Waals surface area contributed by atoms with Crippen LogP contribution in [0.4, 0.5) is 0 Å². The Morgan fingerprint density at radius 2 is 1.70 bits per heavy atom. The molecular weight excluding hydrogens is 330 g/mol. The summed E-state index contributed by atoms with van der Waals surface area (Å²) in [4.78, 5) is 0. The van der Waals surface area contributed by atoms with Crippen LogP contribution in [0.2, 0.25) is 0 Å². The topological polar surface area (TPSA) is 21.3 Å². The minimum Gasteiger partial charge on any atom is -0.377 e. The van der Waals surface area contributed by atoms with Gasteiger partial charge in [-0.3, -0.25) is 0 Å². The van der Waals surface area contributed by atoms with Crippen molar-refractivity contribution in [3.05, 3.63) is 60.2 Å². The van der Waals surface area contributed by atoms with Crippen molar-refractivity contribution in [2.24, 2.45) is 5.92 Å². The minimum atomic E-state index is 0.717. The maximum absolute atomic E-state index is 5.91. The average molecular weight is 366 g/mol. The van der Waals surface area contributed by atoms with E-state index < -0.39 is 0 Å². The fourth-order valence-electron chi connectivity index (χ4n) is 3.99. The lowest BCUT2D eigenvalue weighted by Crippen LogP contribution is -2.20. The number of hydrogen-bond donors (Lipinski definition) is 1. The van der Waals surface area contributed by atoms with Crippen LogP contribution in [0.5, 0.6) is 0 Å². The van der Waals surface area contributed by atoms with Gasteiger partial charge in [-0.1, -0.05) is 74.2 Å². The molecule has 2 aromatic carbocycles. The summed E-state index contributed by atoms with van der Waals surface area (Å²) in [6.07, 6.45) is 10.8. The minimum absolute atomic E-state index is 0.717. The Morgan fingerprint density at radius 1 is 0.852 bits per heavy atom. The molecule has 2 nitrogen and oxygen atoms in total. The molecule has 1 fully saturated rings. The molecule has 3 rings (SSSR count). The van der Waals surface area contributed by atoms with E-state index >= 15 is 0 Å². The van der Waals surface area contributed by atoms with Gasteiger partial charge in [0, 0.05) is 6.61 Å². The summed E-state index contributed by atoms with van der Waals surface area (Å²) in [5, 5.41) is 3.58. The third-order valence-corrected chi connectivity index (χ3v) is 5.60. The molecule has 0 bridgehead atoms. The molecule has 1 aliphatic rings. The van der Waals surface area contributed by atoms with E-state index in [0.29, 0.717) is 6.61 Å². The van der Waals surface area contributed by atoms with E-state index in [1.165, 1.54) is 81.1 Å². The third-order valence-electron chi connectivity index (χ3n) is 5.60. The molecule has 0 radical (unpaired) electrons. The lowest BCUT2D eigenvalue weighted by atomic mass is 9.96. The Bertz CT molecular complexity index is 632. The number of rotatable bonds is 10. The van der Waals surface area contributed by atoms with Crippen LogP contribution in [-0.4, -0.2) is 19.7 Å². The van der Waals surface area contributed by atoms with Crippen LogP contribution in [0.1, 0.15) is 56.9 Å². The van der Waals surface area contributed by atoms with Gasteiger partial charge in [-0.25, -0.2) is 0 Å². The first-order valence-corrected chi connectivity index (χ1v) is 10.8. The van der Waals surface area contributed by atoms with Crippen molar-refractivity contribution in [2.45, 2.75) is 58.0 Å². The molecule has 27 heavy (non-hydrogen) atoms. The lowest BCUT2D eigenvalue weighted by Gasteiger charge is -2.13. The largest absolute Gasteiger partial charge is 0.377 e. The van der Waals surface area contributed by atoms with E-state index in [4.69, 9.17) is 4.74 Å². The molecule has 1 aliphatic heterocycles. The van der Waals surface area contributed by atoms with Crippen LogP contribution in [0.15, 0.2) is 54.6 Å². The second-order valence-electron chi connectivity index (χ2n) is 7.89. The predicted octanol–water partition coefficient (Wildman–Crippen LogP) is 6.21. The monoisotopic (exact) mass is 365 g/mol. The summed E-state index contributed by atoms with van der Waals surface area (Å²) < 4.78 is 5.91. The second kappa shape index (κ2) is 11.9. The van der Waals surface area contributed by atoms with E-state index in [9.17, 15) is 0 Å². The van der Waals surface area contributed by atoms with Gasteiger partial charge >= 0.3 is 0 Å². The van der Waals surface area contributed by atoms with Crippen LogP contribution >= 0.6 is 0 Å². The molecule has 1 N–H and O–H groups in total. The van der Waals surface area contributed by atoms with Gasteiger partial charge in [0.2, 0.25) is 0 Å². The maximum Gasteiger partial charge on any atom is 0.0717 e. The van der Waals surface area contributed by atoms with Crippen molar-refractivity contribution in [3.63, 3.8) is 0 Å². The molecule has 146 valence electrons. The molecule has 2 aromatic rings. The molecule has 1 atom stereocenters. The molecule has 1 saturated heterocycles. The molecule has 1 heterocycles. The second-order valence-corrected chi connectivity index (χ2v) is 7.89. The molecule has 0 spiro atoms. The Balaban J connectivity index is 1.26. The van der Waals surface area contributed by atoms with Gasteiger partial charge in [-0.2, -0.15) is 0 Å². The molecule has 0 saturated carbocycles. The zero-order valence-electron chi connectivity index (χ0n) is 16.7. The average Bonchev–Trinajstić information content (AvgIpc) is 3.00. The first-order valence-electron chi connectivity index (χ1n) is 10.8. The molecule has 0 aromatic heterocycles. The lowest BCUT2D eigenvalue weighted by molar-refractivity contribution is 0.116. The van der Waals surface area contributed by atoms with Crippen molar-refractivity contribution in [1.82, 2.24) is 5.32 Å². The fourth-order valence-corrected chi connectivity index (χ4v) is 3.99. The van der Waals surface area contributed by atoms with Crippen molar-refractivity contribution in [3.8, 4) is 11.1 Å². The van der Waals surface area contributed by atoms with Crippen molar-refractivity contribution >= 4 is 0 Å². The fraction of sp³-hybridized carbons (Fsp3) is 0.520. The zero-order valence-corrected chi connectivity index (χ0v) is 16.7. The van der Waals surface area contributed by atoms with E-state index in [-0.39, 0.29) is 0 Å². The van der Waals surface area contributed by atoms with Gasteiger partial charge in [0.05, 0.1) is 6.61 Å². The maximum atomic E-state index is 5.91. The highest BCUT2D eigenvalue weighted by atomic mass is 16.5. The quantitative estimate of drug-likeness (QED) is 0.505. The highest BCUT2D eigenvalue weighted by molar-refractivity contribution is 5.63. The molecule has 1 unspecified atom stereocenters. The number of nitrogens with one attached hydrogen (secondary N) is 1. The Morgan fingerprint density at radius 3 is 2.63 bits per heavy atom. The summed E-state index contributed by atoms with van der Waals surface area (Å²) >= 11 is 0. The van der Waals surface area contributed by atoms with Crippen LogP contribution in [0, 0.1) is 5.92 Å².